The first kappa shape index (κ1) is 15.5. The third-order valence-electron chi connectivity index (χ3n) is 4.38. The summed E-state index contributed by atoms with van der Waals surface area (Å²) in [6, 6.07) is 4.48. The van der Waals surface area contributed by atoms with E-state index >= 15 is 0 Å². The fraction of sp³-hybridized carbons (Fsp3) is 0.500. The van der Waals surface area contributed by atoms with E-state index in [1.54, 1.807) is 11.0 Å². The average molecular weight is 319 g/mol. The number of halogens is 3. The first-order chi connectivity index (χ1) is 9.08. The first-order valence-electron chi connectivity index (χ1n) is 6.57. The molecular weight excluding hydrogens is 302 g/mol. The van der Waals surface area contributed by atoms with Crippen LogP contribution in [0.4, 0.5) is 4.39 Å². The molecule has 1 heterocycles. The minimum absolute atomic E-state index is 0. The van der Waals surface area contributed by atoms with Gasteiger partial charge in [-0.25, -0.2) is 4.39 Å². The van der Waals surface area contributed by atoms with Crippen LogP contribution in [0.5, 0.6) is 0 Å². The van der Waals surface area contributed by atoms with Gasteiger partial charge >= 0.3 is 0 Å². The third-order valence-corrected chi connectivity index (χ3v) is 4.69. The quantitative estimate of drug-likeness (QED) is 0.865. The highest BCUT2D eigenvalue weighted by atomic mass is 35.5. The minimum atomic E-state index is -0.557. The summed E-state index contributed by atoms with van der Waals surface area (Å²) in [5.74, 6) is -0.0532. The molecule has 1 saturated carbocycles. The van der Waals surface area contributed by atoms with Gasteiger partial charge in [0.1, 0.15) is 5.82 Å². The van der Waals surface area contributed by atoms with E-state index in [0.29, 0.717) is 24.9 Å². The Balaban J connectivity index is 0.00000147. The summed E-state index contributed by atoms with van der Waals surface area (Å²) in [4.78, 5) is 14.1. The second kappa shape index (κ2) is 5.88. The van der Waals surface area contributed by atoms with Crippen LogP contribution >= 0.6 is 24.0 Å². The van der Waals surface area contributed by atoms with Crippen molar-refractivity contribution in [1.82, 2.24) is 4.90 Å². The Kier molecular flexibility index (Phi) is 4.57. The summed E-state index contributed by atoms with van der Waals surface area (Å²) in [5, 5.41) is 0.173. The molecule has 6 heteroatoms. The Morgan fingerprint density at radius 2 is 2.10 bits per heavy atom. The summed E-state index contributed by atoms with van der Waals surface area (Å²) in [6.07, 6.45) is 2.08. The van der Waals surface area contributed by atoms with Crippen molar-refractivity contribution in [3.63, 3.8) is 0 Å². The number of fused-ring (bicyclic) bond motifs is 1. The van der Waals surface area contributed by atoms with Gasteiger partial charge in [-0.15, -0.1) is 12.4 Å². The number of nitrogens with zero attached hydrogens (tertiary/aromatic N) is 1. The van der Waals surface area contributed by atoms with Crippen molar-refractivity contribution in [2.75, 3.05) is 13.1 Å². The van der Waals surface area contributed by atoms with E-state index in [9.17, 15) is 9.18 Å². The van der Waals surface area contributed by atoms with Gasteiger partial charge in [0.15, 0.2) is 0 Å². The fourth-order valence-corrected chi connectivity index (χ4v) is 3.58. The third kappa shape index (κ3) is 2.52. The molecule has 0 bridgehead atoms. The van der Waals surface area contributed by atoms with Gasteiger partial charge in [0.25, 0.3) is 5.91 Å². The largest absolute Gasteiger partial charge is 0.338 e. The maximum atomic E-state index is 13.8. The van der Waals surface area contributed by atoms with Crippen LogP contribution in [0.25, 0.3) is 0 Å². The molecule has 110 valence electrons. The molecule has 1 aromatic rings. The van der Waals surface area contributed by atoms with Crippen LogP contribution in [0.2, 0.25) is 5.02 Å². The lowest BCUT2D eigenvalue weighted by molar-refractivity contribution is 0.0775. The van der Waals surface area contributed by atoms with Gasteiger partial charge in [0.2, 0.25) is 0 Å². The number of hydrogen-bond donors (Lipinski definition) is 1. The molecule has 3 rings (SSSR count). The van der Waals surface area contributed by atoms with E-state index in [2.05, 4.69) is 0 Å². The molecule has 1 amide bonds. The molecule has 2 fully saturated rings. The van der Waals surface area contributed by atoms with Gasteiger partial charge in [0, 0.05) is 19.1 Å². The van der Waals surface area contributed by atoms with Gasteiger partial charge in [0.05, 0.1) is 10.6 Å². The molecule has 2 aliphatic rings. The van der Waals surface area contributed by atoms with E-state index in [4.69, 9.17) is 17.3 Å². The van der Waals surface area contributed by atoms with Crippen LogP contribution in [0, 0.1) is 17.7 Å². The maximum Gasteiger partial charge on any atom is 0.258 e. The molecule has 0 aromatic heterocycles. The van der Waals surface area contributed by atoms with Gasteiger partial charge in [-0.2, -0.15) is 0 Å². The summed E-state index contributed by atoms with van der Waals surface area (Å²) in [7, 11) is 0. The van der Waals surface area contributed by atoms with Crippen LogP contribution in [0.1, 0.15) is 23.2 Å². The smallest absolute Gasteiger partial charge is 0.258 e. The molecule has 1 aliphatic heterocycles. The van der Waals surface area contributed by atoms with Crippen LogP contribution in [0.3, 0.4) is 0 Å². The predicted octanol–water partition coefficient (Wildman–Crippen LogP) is 2.71. The Labute approximate surface area is 128 Å². The number of nitrogens with two attached hydrogens (primary N) is 1. The zero-order valence-electron chi connectivity index (χ0n) is 10.9. The SMILES string of the molecule is Cl.NC1CCC2CN(C(=O)c3c(F)cccc3Cl)CC12. The number of benzene rings is 1. The Hall–Kier alpha value is -0.840. The van der Waals surface area contributed by atoms with E-state index in [0.717, 1.165) is 12.8 Å². The Morgan fingerprint density at radius 1 is 1.35 bits per heavy atom. The maximum absolute atomic E-state index is 13.8. The lowest BCUT2D eigenvalue weighted by Gasteiger charge is -2.19. The normalized spacial score (nSPS) is 28.1. The zero-order valence-corrected chi connectivity index (χ0v) is 12.5. The lowest BCUT2D eigenvalue weighted by Crippen LogP contribution is -2.34. The highest BCUT2D eigenvalue weighted by Crippen LogP contribution is 2.38. The van der Waals surface area contributed by atoms with Crippen molar-refractivity contribution in [3.8, 4) is 0 Å². The number of likely N-dealkylation sites (tertiary alicyclic amines) is 1. The Morgan fingerprint density at radius 3 is 2.75 bits per heavy atom. The van der Waals surface area contributed by atoms with Gasteiger partial charge in [-0.05, 0) is 36.8 Å². The number of hydrogen-bond acceptors (Lipinski definition) is 2. The standard InChI is InChI=1S/C14H16ClFN2O.ClH/c15-10-2-1-3-11(16)13(10)14(19)18-6-8-4-5-12(17)9(8)7-18;/h1-3,8-9,12H,4-7,17H2;1H. The average Bonchev–Trinajstić information content (AvgIpc) is 2.92. The topological polar surface area (TPSA) is 46.3 Å². The van der Waals surface area contributed by atoms with E-state index < -0.39 is 5.82 Å². The van der Waals surface area contributed by atoms with Gasteiger partial charge in [-0.1, -0.05) is 17.7 Å². The molecular formula is C14H17Cl2FN2O. The lowest BCUT2D eigenvalue weighted by atomic mass is 9.98. The van der Waals surface area contributed by atoms with Crippen LogP contribution in [-0.2, 0) is 0 Å². The minimum Gasteiger partial charge on any atom is -0.338 e. The Bertz CT molecular complexity index is 506. The van der Waals surface area contributed by atoms with E-state index in [1.807, 2.05) is 0 Å². The number of rotatable bonds is 1. The van der Waals surface area contributed by atoms with Gasteiger partial charge < -0.3 is 10.6 Å². The van der Waals surface area contributed by atoms with Crippen LogP contribution in [-0.4, -0.2) is 29.9 Å². The van der Waals surface area contributed by atoms with Crippen molar-refractivity contribution in [3.05, 3.63) is 34.6 Å². The summed E-state index contributed by atoms with van der Waals surface area (Å²) in [6.45, 7) is 1.29. The van der Waals surface area contributed by atoms with Crippen molar-refractivity contribution in [2.45, 2.75) is 18.9 Å². The molecule has 2 N–H and O–H groups in total. The molecule has 0 radical (unpaired) electrons. The summed E-state index contributed by atoms with van der Waals surface area (Å²) >= 11 is 5.94. The van der Waals surface area contributed by atoms with Crippen molar-refractivity contribution in [1.29, 1.82) is 0 Å². The van der Waals surface area contributed by atoms with Crippen LogP contribution in [0.15, 0.2) is 18.2 Å². The van der Waals surface area contributed by atoms with Gasteiger partial charge in [-0.3, -0.25) is 4.79 Å². The molecule has 1 saturated heterocycles. The second-order valence-electron chi connectivity index (χ2n) is 5.47. The molecule has 3 nitrogen and oxygen atoms in total. The van der Waals surface area contributed by atoms with Crippen LogP contribution < -0.4 is 5.73 Å². The molecule has 1 aromatic carbocycles. The number of amides is 1. The fourth-order valence-electron chi connectivity index (χ4n) is 3.33. The summed E-state index contributed by atoms with van der Waals surface area (Å²) in [5.41, 5.74) is 6.03. The molecule has 0 spiro atoms. The predicted molar refractivity (Wildman–Crippen MR) is 78.8 cm³/mol. The molecule has 3 unspecified atom stereocenters. The summed E-state index contributed by atoms with van der Waals surface area (Å²) < 4.78 is 13.8. The van der Waals surface area contributed by atoms with E-state index in [-0.39, 0.29) is 34.9 Å². The van der Waals surface area contributed by atoms with Crippen molar-refractivity contribution in [2.24, 2.45) is 17.6 Å². The first-order valence-corrected chi connectivity index (χ1v) is 6.94. The number of carbonyl (C=O) groups is 1. The highest BCUT2D eigenvalue weighted by molar-refractivity contribution is 6.33. The number of carbonyl (C=O) groups excluding carboxylic acids is 1. The zero-order chi connectivity index (χ0) is 13.6. The molecule has 20 heavy (non-hydrogen) atoms. The molecule has 3 atom stereocenters. The second-order valence-corrected chi connectivity index (χ2v) is 5.88. The highest BCUT2D eigenvalue weighted by Gasteiger charge is 2.43. The van der Waals surface area contributed by atoms with Crippen molar-refractivity contribution >= 4 is 29.9 Å². The van der Waals surface area contributed by atoms with E-state index in [1.165, 1.54) is 12.1 Å². The van der Waals surface area contributed by atoms with Crippen molar-refractivity contribution < 1.29 is 9.18 Å². The monoisotopic (exact) mass is 318 g/mol. The molecule has 1 aliphatic carbocycles.